The fourth-order valence-electron chi connectivity index (χ4n) is 1.03. The van der Waals surface area contributed by atoms with Crippen molar-refractivity contribution in [1.29, 1.82) is 0 Å². The van der Waals surface area contributed by atoms with Crippen molar-refractivity contribution in [1.82, 2.24) is 4.98 Å². The Bertz CT molecular complexity index is 310. The molecule has 0 amide bonds. The predicted molar refractivity (Wildman–Crippen MR) is 49.0 cm³/mol. The van der Waals surface area contributed by atoms with Gasteiger partial charge in [0.15, 0.2) is 6.29 Å². The zero-order valence-electron chi connectivity index (χ0n) is 7.40. The summed E-state index contributed by atoms with van der Waals surface area (Å²) in [5, 5.41) is 9.45. The van der Waals surface area contributed by atoms with Gasteiger partial charge in [-0.05, 0) is 18.6 Å². The molecule has 0 radical (unpaired) electrons. The van der Waals surface area contributed by atoms with Crippen molar-refractivity contribution < 1.29 is 9.90 Å². The summed E-state index contributed by atoms with van der Waals surface area (Å²) in [4.78, 5) is 14.3. The molecule has 1 unspecified atom stereocenters. The quantitative estimate of drug-likeness (QED) is 0.649. The second kappa shape index (κ2) is 3.53. The summed E-state index contributed by atoms with van der Waals surface area (Å²) in [6, 6.07) is 3.45. The van der Waals surface area contributed by atoms with E-state index in [4.69, 9.17) is 5.73 Å². The van der Waals surface area contributed by atoms with Crippen LogP contribution in [-0.4, -0.2) is 22.0 Å². The molecule has 1 aromatic heterocycles. The number of nitrogens with zero attached hydrogens (tertiary/aromatic N) is 1. The maximum absolute atomic E-state index is 10.4. The van der Waals surface area contributed by atoms with Gasteiger partial charge in [0, 0.05) is 12.6 Å². The lowest BCUT2D eigenvalue weighted by Crippen LogP contribution is -2.29. The third-order valence-electron chi connectivity index (χ3n) is 1.73. The van der Waals surface area contributed by atoms with Crippen molar-refractivity contribution in [3.63, 3.8) is 0 Å². The first-order valence-corrected chi connectivity index (χ1v) is 3.93. The molecule has 0 bridgehead atoms. The smallest absolute Gasteiger partial charge is 0.151 e. The molecule has 0 saturated heterocycles. The number of hydrogen-bond acceptors (Lipinski definition) is 4. The summed E-state index contributed by atoms with van der Waals surface area (Å²) in [6.07, 6.45) is 2.25. The van der Waals surface area contributed by atoms with Crippen LogP contribution in [-0.2, 0) is 11.2 Å². The average Bonchev–Trinajstić information content (AvgIpc) is 2.09. The fourth-order valence-corrected chi connectivity index (χ4v) is 1.03. The number of nitrogens with two attached hydrogens (primary N) is 1. The fraction of sp³-hybridized carbons (Fsp3) is 0.333. The summed E-state index contributed by atoms with van der Waals surface area (Å²) >= 11 is 0. The number of carbonyl (C=O) groups excluding carboxylic acids is 1. The van der Waals surface area contributed by atoms with Gasteiger partial charge in [0.2, 0.25) is 0 Å². The molecule has 4 nitrogen and oxygen atoms in total. The molecule has 1 aromatic rings. The zero-order chi connectivity index (χ0) is 9.90. The van der Waals surface area contributed by atoms with E-state index in [1.165, 1.54) is 6.92 Å². The highest BCUT2D eigenvalue weighted by Gasteiger charge is 2.20. The molecule has 0 aromatic carbocycles. The van der Waals surface area contributed by atoms with Gasteiger partial charge in [-0.25, -0.2) is 4.98 Å². The van der Waals surface area contributed by atoms with E-state index in [0.717, 1.165) is 0 Å². The molecule has 0 saturated carbocycles. The van der Waals surface area contributed by atoms with Crippen molar-refractivity contribution in [2.75, 3.05) is 5.73 Å². The Morgan fingerprint density at radius 3 is 3.00 bits per heavy atom. The first-order chi connectivity index (χ1) is 6.05. The van der Waals surface area contributed by atoms with Crippen LogP contribution in [0, 0.1) is 0 Å². The summed E-state index contributed by atoms with van der Waals surface area (Å²) in [5.74, 6) is 0.352. The molecule has 0 aliphatic carbocycles. The van der Waals surface area contributed by atoms with Crippen molar-refractivity contribution in [3.05, 3.63) is 23.9 Å². The first-order valence-electron chi connectivity index (χ1n) is 3.93. The third kappa shape index (κ3) is 2.52. The third-order valence-corrected chi connectivity index (χ3v) is 1.73. The zero-order valence-corrected chi connectivity index (χ0v) is 7.40. The number of aromatic nitrogens is 1. The SMILES string of the molecule is CC(O)(C=O)Cc1cccnc1N. The molecule has 4 heteroatoms. The van der Waals surface area contributed by atoms with Crippen LogP contribution in [0.5, 0.6) is 0 Å². The molecule has 0 aliphatic rings. The lowest BCUT2D eigenvalue weighted by Gasteiger charge is -2.15. The second-order valence-corrected chi connectivity index (χ2v) is 3.20. The van der Waals surface area contributed by atoms with Gasteiger partial charge in [0.1, 0.15) is 11.4 Å². The van der Waals surface area contributed by atoms with Gasteiger partial charge in [0.05, 0.1) is 0 Å². The van der Waals surface area contributed by atoms with Crippen LogP contribution in [0.1, 0.15) is 12.5 Å². The number of anilines is 1. The number of pyridine rings is 1. The largest absolute Gasteiger partial charge is 0.383 e. The van der Waals surface area contributed by atoms with E-state index in [1.807, 2.05) is 0 Å². The molecule has 1 heterocycles. The summed E-state index contributed by atoms with van der Waals surface area (Å²) in [7, 11) is 0. The van der Waals surface area contributed by atoms with Crippen LogP contribution < -0.4 is 5.73 Å². The Morgan fingerprint density at radius 1 is 1.77 bits per heavy atom. The van der Waals surface area contributed by atoms with E-state index < -0.39 is 5.60 Å². The van der Waals surface area contributed by atoms with Crippen molar-refractivity contribution in [3.8, 4) is 0 Å². The summed E-state index contributed by atoms with van der Waals surface area (Å²) in [6.45, 7) is 1.44. The number of hydrogen-bond donors (Lipinski definition) is 2. The Kier molecular flexibility index (Phi) is 2.63. The van der Waals surface area contributed by atoms with Crippen LogP contribution in [0.15, 0.2) is 18.3 Å². The number of aldehydes is 1. The van der Waals surface area contributed by atoms with Crippen molar-refractivity contribution >= 4 is 12.1 Å². The Labute approximate surface area is 76.4 Å². The van der Waals surface area contributed by atoms with E-state index in [2.05, 4.69) is 4.98 Å². The van der Waals surface area contributed by atoms with Crippen molar-refractivity contribution in [2.45, 2.75) is 18.9 Å². The van der Waals surface area contributed by atoms with Gasteiger partial charge < -0.3 is 15.6 Å². The number of aliphatic hydroxyl groups is 1. The molecule has 0 aliphatic heterocycles. The van der Waals surface area contributed by atoms with Crippen molar-refractivity contribution in [2.24, 2.45) is 0 Å². The minimum Gasteiger partial charge on any atom is -0.383 e. The lowest BCUT2D eigenvalue weighted by molar-refractivity contribution is -0.122. The van der Waals surface area contributed by atoms with Gasteiger partial charge in [-0.15, -0.1) is 0 Å². The van der Waals surface area contributed by atoms with Gasteiger partial charge in [0.25, 0.3) is 0 Å². The molecule has 0 fully saturated rings. The standard InChI is InChI=1S/C9H12N2O2/c1-9(13,6-12)5-7-3-2-4-11-8(7)10/h2-4,6,13H,5H2,1H3,(H2,10,11). The van der Waals surface area contributed by atoms with Gasteiger partial charge >= 0.3 is 0 Å². The number of carbonyl (C=O) groups is 1. The highest BCUT2D eigenvalue weighted by atomic mass is 16.3. The Balaban J connectivity index is 2.86. The minimum atomic E-state index is -1.36. The number of nitrogen functional groups attached to an aromatic ring is 1. The molecular weight excluding hydrogens is 168 g/mol. The van der Waals surface area contributed by atoms with E-state index in [9.17, 15) is 9.90 Å². The number of rotatable bonds is 3. The monoisotopic (exact) mass is 180 g/mol. The lowest BCUT2D eigenvalue weighted by atomic mass is 9.99. The van der Waals surface area contributed by atoms with Gasteiger partial charge in [-0.3, -0.25) is 0 Å². The topological polar surface area (TPSA) is 76.2 Å². The maximum Gasteiger partial charge on any atom is 0.151 e. The van der Waals surface area contributed by atoms with Gasteiger partial charge in [-0.1, -0.05) is 6.07 Å². The Morgan fingerprint density at radius 2 is 2.46 bits per heavy atom. The molecule has 13 heavy (non-hydrogen) atoms. The van der Waals surface area contributed by atoms with E-state index in [1.54, 1.807) is 18.3 Å². The van der Waals surface area contributed by atoms with Crippen LogP contribution in [0.3, 0.4) is 0 Å². The van der Waals surface area contributed by atoms with Crippen LogP contribution >= 0.6 is 0 Å². The Hall–Kier alpha value is -1.42. The highest BCUT2D eigenvalue weighted by molar-refractivity contribution is 5.62. The first kappa shape index (κ1) is 9.67. The molecular formula is C9H12N2O2. The van der Waals surface area contributed by atoms with Gasteiger partial charge in [-0.2, -0.15) is 0 Å². The predicted octanol–water partition coefficient (Wildman–Crippen LogP) is 0.156. The normalized spacial score (nSPS) is 14.9. The van der Waals surface area contributed by atoms with Crippen LogP contribution in [0.2, 0.25) is 0 Å². The van der Waals surface area contributed by atoms with E-state index in [0.29, 0.717) is 17.7 Å². The molecule has 1 rings (SSSR count). The van der Waals surface area contributed by atoms with E-state index >= 15 is 0 Å². The second-order valence-electron chi connectivity index (χ2n) is 3.20. The molecule has 1 atom stereocenters. The molecule has 3 N–H and O–H groups in total. The molecule has 70 valence electrons. The van der Waals surface area contributed by atoms with Crippen LogP contribution in [0.4, 0.5) is 5.82 Å². The minimum absolute atomic E-state index is 0.191. The molecule has 0 spiro atoms. The maximum atomic E-state index is 10.4. The van der Waals surface area contributed by atoms with E-state index in [-0.39, 0.29) is 6.42 Å². The highest BCUT2D eigenvalue weighted by Crippen LogP contribution is 2.14. The summed E-state index contributed by atoms with van der Waals surface area (Å²) in [5.41, 5.74) is 4.86. The average molecular weight is 180 g/mol. The summed E-state index contributed by atoms with van der Waals surface area (Å²) < 4.78 is 0. The van der Waals surface area contributed by atoms with Crippen LogP contribution in [0.25, 0.3) is 0 Å².